The molecule has 4 atom stereocenters. The molecule has 0 saturated carbocycles. The van der Waals surface area contributed by atoms with Crippen molar-refractivity contribution in [2.24, 2.45) is 5.41 Å². The van der Waals surface area contributed by atoms with E-state index in [-0.39, 0.29) is 54.6 Å². The highest BCUT2D eigenvalue weighted by molar-refractivity contribution is 7.22. The van der Waals surface area contributed by atoms with Crippen molar-refractivity contribution in [3.05, 3.63) is 137 Å². The van der Waals surface area contributed by atoms with Crippen molar-refractivity contribution in [1.82, 2.24) is 35.2 Å². The number of nitrogens with one attached hydrogen (secondary N) is 2. The zero-order valence-electron chi connectivity index (χ0n) is 42.7. The first-order valence-electron chi connectivity index (χ1n) is 25.1. The summed E-state index contributed by atoms with van der Waals surface area (Å²) in [6, 6.07) is 24.6. The molecule has 3 amide bonds. The van der Waals surface area contributed by atoms with Crippen LogP contribution in [0.5, 0.6) is 17.2 Å². The van der Waals surface area contributed by atoms with Crippen molar-refractivity contribution in [3.8, 4) is 38.1 Å². The number of benzene rings is 4. The van der Waals surface area contributed by atoms with Gasteiger partial charge in [-0.3, -0.25) is 23.9 Å². The molecule has 74 heavy (non-hydrogen) atoms. The van der Waals surface area contributed by atoms with Crippen LogP contribution in [-0.2, 0) is 27.3 Å². The van der Waals surface area contributed by atoms with Crippen molar-refractivity contribution < 1.29 is 39.2 Å². The zero-order valence-corrected chi connectivity index (χ0v) is 44.3. The number of unbranched alkanes of at least 4 members (excludes halogenated alkanes) is 1. The lowest BCUT2D eigenvalue weighted by Gasteiger charge is -2.35. The number of likely N-dealkylation sites (tertiary alicyclic amines) is 1. The molecule has 4 heterocycles. The molecule has 4 aromatic carbocycles. The average Bonchev–Trinajstić information content (AvgIpc) is 4.20. The van der Waals surface area contributed by atoms with Gasteiger partial charge in [-0.05, 0) is 141 Å². The van der Waals surface area contributed by atoms with Gasteiger partial charge in [0.25, 0.3) is 0 Å². The number of likely N-dealkylation sites (N-methyl/N-ethyl adjacent to an activating group) is 1. The molecule has 1 aliphatic heterocycles. The van der Waals surface area contributed by atoms with Gasteiger partial charge >= 0.3 is 0 Å². The van der Waals surface area contributed by atoms with Crippen molar-refractivity contribution in [2.75, 3.05) is 32.8 Å². The van der Waals surface area contributed by atoms with Crippen LogP contribution in [0.3, 0.4) is 0 Å². The van der Waals surface area contributed by atoms with E-state index in [9.17, 15) is 34.5 Å². The molecule has 8 rings (SSSR count). The molecule has 15 nitrogen and oxygen atoms in total. The molecular weight excluding hydrogens is 975 g/mol. The monoisotopic (exact) mass is 1040 g/mol. The van der Waals surface area contributed by atoms with Gasteiger partial charge in [-0.15, -0.1) is 22.7 Å². The molecule has 1 saturated heterocycles. The van der Waals surface area contributed by atoms with E-state index in [2.05, 4.69) is 32.5 Å². The predicted molar refractivity (Wildman–Crippen MR) is 290 cm³/mol. The van der Waals surface area contributed by atoms with E-state index in [1.165, 1.54) is 16.2 Å². The molecule has 3 aromatic heterocycles. The summed E-state index contributed by atoms with van der Waals surface area (Å²) in [5.41, 5.74) is 6.89. The lowest BCUT2D eigenvalue weighted by molar-refractivity contribution is -0.144. The number of amides is 3. The molecule has 0 spiro atoms. The van der Waals surface area contributed by atoms with Crippen LogP contribution in [-0.4, -0.2) is 114 Å². The Hall–Kier alpha value is -6.92. The first-order chi connectivity index (χ1) is 35.4. The zero-order chi connectivity index (χ0) is 52.7. The van der Waals surface area contributed by atoms with Crippen LogP contribution in [0, 0.1) is 12.3 Å². The molecule has 17 heteroatoms. The Morgan fingerprint density at radius 2 is 1.59 bits per heavy atom. The number of carbonyl (C=O) groups excluding carboxylic acids is 4. The van der Waals surface area contributed by atoms with Gasteiger partial charge in [0, 0.05) is 51.8 Å². The molecular formula is C57H65N7O8S2. The number of nitrogens with zero attached hydrogens (tertiary/aromatic N) is 5. The second-order valence-electron chi connectivity index (χ2n) is 20.1. The number of ketones is 1. The number of carbonyl (C=O) groups is 4. The van der Waals surface area contributed by atoms with Crippen molar-refractivity contribution >= 4 is 56.3 Å². The Labute approximate surface area is 439 Å². The molecule has 388 valence electrons. The molecule has 0 bridgehead atoms. The van der Waals surface area contributed by atoms with Crippen molar-refractivity contribution in [3.63, 3.8) is 0 Å². The van der Waals surface area contributed by atoms with Gasteiger partial charge in [0.05, 0.1) is 34.4 Å². The number of ether oxygens (including phenoxy) is 1. The minimum atomic E-state index is -0.960. The Morgan fingerprint density at radius 3 is 2.28 bits per heavy atom. The number of rotatable bonds is 21. The maximum Gasteiger partial charge on any atom is 0.246 e. The number of aliphatic hydroxyl groups is 1. The normalized spacial score (nSPS) is 15.6. The summed E-state index contributed by atoms with van der Waals surface area (Å²) in [6.07, 6.45) is 5.46. The second kappa shape index (κ2) is 23.5. The van der Waals surface area contributed by atoms with E-state index in [1.54, 1.807) is 76.8 Å². The third kappa shape index (κ3) is 12.9. The fourth-order valence-corrected chi connectivity index (χ4v) is 11.4. The van der Waals surface area contributed by atoms with E-state index < -0.39 is 29.5 Å². The average molecular weight is 1040 g/mol. The Kier molecular flexibility index (Phi) is 17.0. The summed E-state index contributed by atoms with van der Waals surface area (Å²) in [6.45, 7) is 14.4. The standard InChI is InChI=1S/C57H65N7O8S2/c1-7-62(26-27-72-45-22-17-39(18-23-45)51(69)50-46-24-21-43(66)29-48(46)74-53(50)41-15-19-42(65)20-16-41)25-9-8-10-37-30-59-63(31-37)33-49(68)61-54(57(4,5)6)56(71)64-32-44(67)28-47(64)55(70)60-35(2)38-11-13-40(14-12-38)52-36(3)58-34-73-52/h11-24,29-31,34-35,44,47,54,65-67H,7-10,25-28,32-33H2,1-6H3,(H,60,70)(H,61,68)/t35-,44+,47-,54?/m0/s1. The smallest absolute Gasteiger partial charge is 0.246 e. The number of phenolic OH excluding ortho intramolecular Hbond substituents is 2. The van der Waals surface area contributed by atoms with E-state index in [4.69, 9.17) is 4.74 Å². The molecule has 5 N–H and O–H groups in total. The minimum absolute atomic E-state index is 0.0159. The maximum atomic E-state index is 14.2. The highest BCUT2D eigenvalue weighted by atomic mass is 32.1. The van der Waals surface area contributed by atoms with E-state index in [1.807, 2.05) is 82.7 Å². The van der Waals surface area contributed by atoms with Crippen LogP contribution in [0.2, 0.25) is 0 Å². The number of aryl methyl sites for hydroxylation is 2. The van der Waals surface area contributed by atoms with Gasteiger partial charge in [-0.1, -0.05) is 52.0 Å². The molecule has 1 aliphatic rings. The maximum absolute atomic E-state index is 14.2. The highest BCUT2D eigenvalue weighted by Gasteiger charge is 2.45. The third-order valence-corrected chi connectivity index (χ3v) is 15.7. The Bertz CT molecular complexity index is 3070. The van der Waals surface area contributed by atoms with Crippen LogP contribution in [0.15, 0.2) is 109 Å². The topological polar surface area (TPSA) is 199 Å². The van der Waals surface area contributed by atoms with Crippen LogP contribution in [0.25, 0.3) is 31.0 Å². The number of hydrogen-bond acceptors (Lipinski definition) is 13. The minimum Gasteiger partial charge on any atom is -0.508 e. The summed E-state index contributed by atoms with van der Waals surface area (Å²) in [5.74, 6) is -0.400. The van der Waals surface area contributed by atoms with Gasteiger partial charge in [0.15, 0.2) is 5.78 Å². The molecule has 1 unspecified atom stereocenters. The van der Waals surface area contributed by atoms with Gasteiger partial charge in [-0.2, -0.15) is 5.10 Å². The fraction of sp³-hybridized carbons (Fsp3) is 0.368. The first-order valence-corrected chi connectivity index (χ1v) is 26.8. The van der Waals surface area contributed by atoms with Gasteiger partial charge in [0.1, 0.15) is 42.5 Å². The Balaban J connectivity index is 0.776. The quantitative estimate of drug-likeness (QED) is 0.0340. The summed E-state index contributed by atoms with van der Waals surface area (Å²) in [5, 5.41) is 41.9. The first kappa shape index (κ1) is 53.4. The van der Waals surface area contributed by atoms with Crippen molar-refractivity contribution in [2.45, 2.75) is 98.0 Å². The van der Waals surface area contributed by atoms with E-state index in [0.29, 0.717) is 23.5 Å². The lowest BCUT2D eigenvalue weighted by atomic mass is 9.85. The SMILES string of the molecule is CCN(CCCCc1cnn(CC(=O)NC(C(=O)N2C[C@H](O)C[C@H]2C(=O)N[C@@H](C)c2ccc(-c3scnc3C)cc2)C(C)(C)C)c1)CCOc1ccc(C(=O)c2c(-c3ccc(O)cc3)sc3cc(O)ccc23)cc1. The van der Waals surface area contributed by atoms with Crippen LogP contribution >= 0.6 is 22.7 Å². The van der Waals surface area contributed by atoms with Crippen molar-refractivity contribution in [1.29, 1.82) is 0 Å². The van der Waals surface area contributed by atoms with Crippen LogP contribution < -0.4 is 15.4 Å². The summed E-state index contributed by atoms with van der Waals surface area (Å²) in [7, 11) is 0. The number of thiophene rings is 1. The predicted octanol–water partition coefficient (Wildman–Crippen LogP) is 8.93. The lowest BCUT2D eigenvalue weighted by Crippen LogP contribution is -2.58. The van der Waals surface area contributed by atoms with Gasteiger partial charge in [-0.25, -0.2) is 4.98 Å². The number of phenols is 2. The molecule has 0 aliphatic carbocycles. The van der Waals surface area contributed by atoms with Crippen LogP contribution in [0.1, 0.15) is 92.7 Å². The van der Waals surface area contributed by atoms with Gasteiger partial charge in [0.2, 0.25) is 17.7 Å². The fourth-order valence-electron chi connectivity index (χ4n) is 9.35. The third-order valence-electron chi connectivity index (χ3n) is 13.5. The number of aromatic hydroxyl groups is 2. The number of aliphatic hydroxyl groups excluding tert-OH is 1. The Morgan fingerprint density at radius 1 is 0.892 bits per heavy atom. The molecule has 1 fully saturated rings. The van der Waals surface area contributed by atoms with E-state index >= 15 is 0 Å². The summed E-state index contributed by atoms with van der Waals surface area (Å²) in [4.78, 5) is 65.4. The van der Waals surface area contributed by atoms with Crippen LogP contribution in [0.4, 0.5) is 0 Å². The number of thiazole rings is 1. The van der Waals surface area contributed by atoms with E-state index in [0.717, 1.165) is 86.7 Å². The van der Waals surface area contributed by atoms with Gasteiger partial charge < -0.3 is 40.5 Å². The second-order valence-corrected chi connectivity index (χ2v) is 22.0. The number of β-amino-alcohol motifs (C(OH)–C–C–N with tert-alkyl or cyclic N) is 1. The number of aromatic nitrogens is 3. The molecule has 7 aromatic rings. The highest BCUT2D eigenvalue weighted by Crippen LogP contribution is 2.42. The molecule has 0 radical (unpaired) electrons. The number of fused-ring (bicyclic) bond motifs is 1. The number of hydrogen-bond donors (Lipinski definition) is 5. The largest absolute Gasteiger partial charge is 0.508 e. The summed E-state index contributed by atoms with van der Waals surface area (Å²) < 4.78 is 8.47. The summed E-state index contributed by atoms with van der Waals surface area (Å²) >= 11 is 3.00.